The molecule has 1 aromatic heterocycles. The van der Waals surface area contributed by atoms with E-state index >= 15 is 0 Å². The van der Waals surface area contributed by atoms with Crippen LogP contribution in [0.25, 0.3) is 11.1 Å². The number of esters is 1. The number of thiophene rings is 1. The van der Waals surface area contributed by atoms with Crippen molar-refractivity contribution in [3.05, 3.63) is 75.0 Å². The van der Waals surface area contributed by atoms with Gasteiger partial charge in [-0.3, -0.25) is 4.79 Å². The van der Waals surface area contributed by atoms with Crippen LogP contribution in [0.5, 0.6) is 5.75 Å². The number of alkyl halides is 3. The van der Waals surface area contributed by atoms with Crippen LogP contribution in [0.2, 0.25) is 0 Å². The molecule has 3 aromatic rings. The van der Waals surface area contributed by atoms with E-state index in [1.807, 2.05) is 39.8 Å². The number of rotatable bonds is 9. The summed E-state index contributed by atoms with van der Waals surface area (Å²) in [6.07, 6.45) is -6.20. The van der Waals surface area contributed by atoms with Gasteiger partial charge in [-0.25, -0.2) is 4.79 Å². The summed E-state index contributed by atoms with van der Waals surface area (Å²) in [6, 6.07) is 12.3. The van der Waals surface area contributed by atoms with Crippen molar-refractivity contribution in [1.29, 1.82) is 0 Å². The van der Waals surface area contributed by atoms with Gasteiger partial charge in [-0.05, 0) is 78.4 Å². The van der Waals surface area contributed by atoms with E-state index in [0.29, 0.717) is 16.2 Å². The first-order chi connectivity index (χ1) is 17.8. The molecule has 2 aromatic carbocycles. The molecule has 0 saturated carbocycles. The van der Waals surface area contributed by atoms with Crippen LogP contribution >= 0.6 is 11.3 Å². The van der Waals surface area contributed by atoms with Crippen LogP contribution in [0, 0.1) is 19.8 Å². The van der Waals surface area contributed by atoms with Gasteiger partial charge in [-0.2, -0.15) is 13.2 Å². The number of nitrogens with one attached hydrogen (secondary N) is 1. The summed E-state index contributed by atoms with van der Waals surface area (Å²) in [4.78, 5) is 25.0. The zero-order valence-corrected chi connectivity index (χ0v) is 22.5. The van der Waals surface area contributed by atoms with Gasteiger partial charge in [0.2, 0.25) is 0 Å². The number of halogens is 3. The number of aryl methyl sites for hydroxylation is 2. The van der Waals surface area contributed by atoms with Gasteiger partial charge in [0.25, 0.3) is 5.91 Å². The maximum Gasteiger partial charge on any atom is 0.416 e. The van der Waals surface area contributed by atoms with Gasteiger partial charge < -0.3 is 19.9 Å². The molecule has 2 N–H and O–H groups in total. The van der Waals surface area contributed by atoms with Crippen LogP contribution in [-0.4, -0.2) is 36.7 Å². The van der Waals surface area contributed by atoms with Gasteiger partial charge in [0.05, 0.1) is 24.1 Å². The van der Waals surface area contributed by atoms with E-state index in [0.717, 1.165) is 40.8 Å². The number of benzene rings is 2. The molecule has 0 aliphatic rings. The van der Waals surface area contributed by atoms with Gasteiger partial charge in [-0.1, -0.05) is 26.0 Å². The average molecular weight is 550 g/mol. The number of carbonyl (C=O) groups excluding carboxylic acids is 2. The molecule has 1 heterocycles. The molecule has 0 bridgehead atoms. The van der Waals surface area contributed by atoms with Crippen LogP contribution < -0.4 is 10.1 Å². The standard InChI is InChI=1S/C28H30F3NO5S/c1-15(2)25(22-10-11-23(38-22)26(34)32-14-21(33)27(35)36-5)37-20-12-16(3)24(17(4)13-20)18-6-8-19(9-7-18)28(29,30)31/h6-13,15,21,25,33H,14H2,1-5H3,(H,32,34)/t21-,25?/m1/s1. The Labute approximate surface area is 223 Å². The quantitative estimate of drug-likeness (QED) is 0.316. The van der Waals surface area contributed by atoms with Crippen LogP contribution in [0.1, 0.15) is 51.2 Å². The van der Waals surface area contributed by atoms with Crippen LogP contribution in [-0.2, 0) is 15.7 Å². The minimum Gasteiger partial charge on any atom is -0.485 e. The number of carbonyl (C=O) groups is 2. The summed E-state index contributed by atoms with van der Waals surface area (Å²) in [5, 5.41) is 12.2. The fourth-order valence-electron chi connectivity index (χ4n) is 4.07. The number of hydrogen-bond acceptors (Lipinski definition) is 6. The molecular formula is C28H30F3NO5S. The van der Waals surface area contributed by atoms with Crippen LogP contribution in [0.3, 0.4) is 0 Å². The Bertz CT molecular complexity index is 1260. The number of ether oxygens (including phenoxy) is 2. The molecule has 0 aliphatic carbocycles. The zero-order valence-electron chi connectivity index (χ0n) is 21.7. The van der Waals surface area contributed by atoms with E-state index < -0.39 is 29.7 Å². The number of aliphatic hydroxyl groups is 1. The highest BCUT2D eigenvalue weighted by molar-refractivity contribution is 7.14. The SMILES string of the molecule is COC(=O)[C@H](O)CNC(=O)c1ccc(C(Oc2cc(C)c(-c3ccc(C(F)(F)F)cc3)c(C)c2)C(C)C)s1. The van der Waals surface area contributed by atoms with Gasteiger partial charge in [0, 0.05) is 4.88 Å². The maximum atomic E-state index is 13.0. The van der Waals surface area contributed by atoms with Crippen molar-refractivity contribution in [2.24, 2.45) is 5.92 Å². The highest BCUT2D eigenvalue weighted by Crippen LogP contribution is 2.37. The van der Waals surface area contributed by atoms with Gasteiger partial charge in [0.15, 0.2) is 6.10 Å². The first kappa shape index (κ1) is 29.2. The number of aliphatic hydroxyl groups excluding tert-OH is 1. The van der Waals surface area contributed by atoms with Crippen molar-refractivity contribution < 1.29 is 37.3 Å². The predicted octanol–water partition coefficient (Wildman–Crippen LogP) is 6.09. The summed E-state index contributed by atoms with van der Waals surface area (Å²) >= 11 is 1.25. The van der Waals surface area contributed by atoms with E-state index in [9.17, 15) is 27.9 Å². The lowest BCUT2D eigenvalue weighted by Crippen LogP contribution is -2.36. The molecule has 0 fully saturated rings. The van der Waals surface area contributed by atoms with E-state index in [1.54, 1.807) is 12.1 Å². The smallest absolute Gasteiger partial charge is 0.416 e. The van der Waals surface area contributed by atoms with Crippen molar-refractivity contribution in [2.75, 3.05) is 13.7 Å². The Hall–Kier alpha value is -3.37. The van der Waals surface area contributed by atoms with Crippen molar-refractivity contribution in [3.8, 4) is 16.9 Å². The van der Waals surface area contributed by atoms with E-state index in [1.165, 1.54) is 23.5 Å². The molecule has 204 valence electrons. The third kappa shape index (κ3) is 6.93. The Morgan fingerprint density at radius 3 is 2.16 bits per heavy atom. The maximum absolute atomic E-state index is 13.0. The minimum atomic E-state index is -4.39. The summed E-state index contributed by atoms with van der Waals surface area (Å²) in [5.41, 5.74) is 2.55. The number of methoxy groups -OCH3 is 1. The molecule has 0 spiro atoms. The molecule has 0 saturated heterocycles. The van der Waals surface area contributed by atoms with E-state index in [4.69, 9.17) is 4.74 Å². The van der Waals surface area contributed by atoms with Crippen molar-refractivity contribution in [2.45, 2.75) is 46.1 Å². The summed E-state index contributed by atoms with van der Waals surface area (Å²) < 4.78 is 49.6. The average Bonchev–Trinajstić information content (AvgIpc) is 3.34. The molecule has 0 aliphatic heterocycles. The van der Waals surface area contributed by atoms with Gasteiger partial charge >= 0.3 is 12.1 Å². The lowest BCUT2D eigenvalue weighted by molar-refractivity contribution is -0.149. The monoisotopic (exact) mass is 549 g/mol. The van der Waals surface area contributed by atoms with E-state index in [2.05, 4.69) is 10.1 Å². The molecule has 38 heavy (non-hydrogen) atoms. The first-order valence-corrected chi connectivity index (χ1v) is 12.7. The molecule has 0 radical (unpaired) electrons. The van der Waals surface area contributed by atoms with Crippen molar-refractivity contribution in [1.82, 2.24) is 5.32 Å². The highest BCUT2D eigenvalue weighted by atomic mass is 32.1. The summed E-state index contributed by atoms with van der Waals surface area (Å²) in [7, 11) is 1.15. The second-order valence-corrected chi connectivity index (χ2v) is 10.4. The third-order valence-electron chi connectivity index (χ3n) is 5.94. The first-order valence-electron chi connectivity index (χ1n) is 11.9. The minimum absolute atomic E-state index is 0.0564. The Morgan fingerprint density at radius 2 is 1.63 bits per heavy atom. The lowest BCUT2D eigenvalue weighted by Gasteiger charge is -2.23. The third-order valence-corrected chi connectivity index (χ3v) is 7.08. The molecule has 6 nitrogen and oxygen atoms in total. The molecule has 10 heteroatoms. The van der Waals surface area contributed by atoms with Crippen molar-refractivity contribution >= 4 is 23.2 Å². The van der Waals surface area contributed by atoms with Gasteiger partial charge in [-0.15, -0.1) is 11.3 Å². The highest BCUT2D eigenvalue weighted by Gasteiger charge is 2.30. The molecule has 1 amide bonds. The van der Waals surface area contributed by atoms with Gasteiger partial charge in [0.1, 0.15) is 11.9 Å². The number of amides is 1. The fraction of sp³-hybridized carbons (Fsp3) is 0.357. The Kier molecular flexibility index (Phi) is 9.22. The summed E-state index contributed by atoms with van der Waals surface area (Å²) in [6.45, 7) is 7.48. The van der Waals surface area contributed by atoms with Crippen molar-refractivity contribution in [3.63, 3.8) is 0 Å². The fourth-order valence-corrected chi connectivity index (χ4v) is 5.19. The van der Waals surface area contributed by atoms with Crippen LogP contribution in [0.4, 0.5) is 13.2 Å². The molecule has 2 atom stereocenters. The Morgan fingerprint density at radius 1 is 1.03 bits per heavy atom. The Balaban J connectivity index is 1.78. The van der Waals surface area contributed by atoms with Crippen LogP contribution in [0.15, 0.2) is 48.5 Å². The molecular weight excluding hydrogens is 519 g/mol. The largest absolute Gasteiger partial charge is 0.485 e. The number of hydrogen-bond donors (Lipinski definition) is 2. The second kappa shape index (κ2) is 12.0. The normalized spacial score (nSPS) is 13.2. The molecule has 1 unspecified atom stereocenters. The van der Waals surface area contributed by atoms with E-state index in [-0.39, 0.29) is 18.6 Å². The predicted molar refractivity (Wildman–Crippen MR) is 139 cm³/mol. The lowest BCUT2D eigenvalue weighted by atomic mass is 9.94. The topological polar surface area (TPSA) is 84.9 Å². The second-order valence-electron chi connectivity index (χ2n) is 9.24. The summed E-state index contributed by atoms with van der Waals surface area (Å²) in [5.74, 6) is -0.601. The zero-order chi connectivity index (χ0) is 28.2. The molecule has 3 rings (SSSR count).